The third-order valence-corrected chi connectivity index (χ3v) is 5.07. The van der Waals surface area contributed by atoms with Gasteiger partial charge in [0.15, 0.2) is 0 Å². The molecule has 0 atom stereocenters. The van der Waals surface area contributed by atoms with Gasteiger partial charge in [0.2, 0.25) is 5.95 Å². The zero-order valence-corrected chi connectivity index (χ0v) is 18.5. The molecule has 0 bridgehead atoms. The molecule has 0 saturated carbocycles. The number of carbonyl (C=O) groups excluding carboxylic acids is 1. The summed E-state index contributed by atoms with van der Waals surface area (Å²) in [7, 11) is 1.76. The topological polar surface area (TPSA) is 156 Å². The summed E-state index contributed by atoms with van der Waals surface area (Å²) >= 11 is 0. The predicted octanol–water partition coefficient (Wildman–Crippen LogP) is 0.701. The van der Waals surface area contributed by atoms with E-state index in [0.29, 0.717) is 36.8 Å². The van der Waals surface area contributed by atoms with Crippen molar-refractivity contribution in [3.05, 3.63) is 52.6 Å². The number of hydrogen-bond acceptors (Lipinski definition) is 9. The first-order valence-corrected chi connectivity index (χ1v) is 10.7. The fourth-order valence-corrected chi connectivity index (χ4v) is 3.41. The molecule has 0 spiro atoms. The van der Waals surface area contributed by atoms with Gasteiger partial charge < -0.3 is 31.1 Å². The molecule has 0 radical (unpaired) electrons. The number of benzene rings is 1. The maximum Gasteiger partial charge on any atom is 0.261 e. The smallest absolute Gasteiger partial charge is 0.261 e. The standard InChI is InChI=1S/C22H29N7O4/c1-23-18-5-2-4-15-12-17(21(33)28-19(15)18)20(32)27-16-13-25-22(26-14-16)24-6-3-7-29(8-10-30)9-11-31/h2,4-5,12-14,23,30-31H,3,6-11H2,1H3,(H,27,32)(H,28,33)(H,24,25,26). The number of aliphatic hydroxyl groups is 2. The lowest BCUT2D eigenvalue weighted by Gasteiger charge is -2.19. The normalized spacial score (nSPS) is 11.0. The minimum atomic E-state index is -0.551. The van der Waals surface area contributed by atoms with Crippen LogP contribution in [0.25, 0.3) is 10.9 Å². The van der Waals surface area contributed by atoms with Gasteiger partial charge in [0.05, 0.1) is 42.5 Å². The first kappa shape index (κ1) is 24.1. The Hall–Kier alpha value is -3.54. The highest BCUT2D eigenvalue weighted by Crippen LogP contribution is 2.20. The van der Waals surface area contributed by atoms with Crippen LogP contribution < -0.4 is 21.5 Å². The molecule has 3 rings (SSSR count). The van der Waals surface area contributed by atoms with Gasteiger partial charge in [0.25, 0.3) is 11.5 Å². The number of H-pyrrole nitrogens is 1. The van der Waals surface area contributed by atoms with Gasteiger partial charge in [-0.05, 0) is 25.1 Å². The van der Waals surface area contributed by atoms with Crippen LogP contribution in [-0.4, -0.2) is 82.4 Å². The molecule has 0 aliphatic carbocycles. The van der Waals surface area contributed by atoms with Crippen molar-refractivity contribution in [3.8, 4) is 0 Å². The number of carbonyl (C=O) groups is 1. The van der Waals surface area contributed by atoms with Gasteiger partial charge in [-0.15, -0.1) is 0 Å². The fraction of sp³-hybridized carbons (Fsp3) is 0.364. The van der Waals surface area contributed by atoms with E-state index in [-0.39, 0.29) is 18.8 Å². The predicted molar refractivity (Wildman–Crippen MR) is 128 cm³/mol. The highest BCUT2D eigenvalue weighted by Gasteiger charge is 2.14. The van der Waals surface area contributed by atoms with Crippen molar-refractivity contribution in [3.63, 3.8) is 0 Å². The van der Waals surface area contributed by atoms with Crippen molar-refractivity contribution in [2.75, 3.05) is 62.4 Å². The molecule has 6 N–H and O–H groups in total. The molecular weight excluding hydrogens is 426 g/mol. The Morgan fingerprint density at radius 1 is 1.12 bits per heavy atom. The molecule has 2 heterocycles. The molecule has 0 aliphatic rings. The van der Waals surface area contributed by atoms with E-state index >= 15 is 0 Å². The van der Waals surface area contributed by atoms with E-state index in [2.05, 4.69) is 30.9 Å². The van der Waals surface area contributed by atoms with Crippen LogP contribution in [0.1, 0.15) is 16.8 Å². The number of fused-ring (bicyclic) bond motifs is 1. The highest BCUT2D eigenvalue weighted by atomic mass is 16.3. The maximum absolute atomic E-state index is 12.6. The number of aliphatic hydroxyl groups excluding tert-OH is 2. The quantitative estimate of drug-likeness (QED) is 0.216. The number of hydrogen-bond donors (Lipinski definition) is 6. The Balaban J connectivity index is 1.57. The Bertz CT molecular complexity index is 1110. The van der Waals surface area contributed by atoms with E-state index in [4.69, 9.17) is 10.2 Å². The molecule has 2 aromatic heterocycles. The van der Waals surface area contributed by atoms with Gasteiger partial charge in [-0.1, -0.05) is 12.1 Å². The fourth-order valence-electron chi connectivity index (χ4n) is 3.41. The van der Waals surface area contributed by atoms with Crippen molar-refractivity contribution in [1.82, 2.24) is 19.9 Å². The van der Waals surface area contributed by atoms with E-state index in [1.807, 2.05) is 23.1 Å². The minimum absolute atomic E-state index is 0.00623. The third kappa shape index (κ3) is 6.48. The van der Waals surface area contributed by atoms with E-state index in [0.717, 1.165) is 24.0 Å². The lowest BCUT2D eigenvalue weighted by molar-refractivity contribution is 0.102. The van der Waals surface area contributed by atoms with Gasteiger partial charge in [-0.25, -0.2) is 9.97 Å². The van der Waals surface area contributed by atoms with Crippen LogP contribution >= 0.6 is 0 Å². The minimum Gasteiger partial charge on any atom is -0.395 e. The first-order chi connectivity index (χ1) is 16.0. The van der Waals surface area contributed by atoms with Crippen LogP contribution in [0.4, 0.5) is 17.3 Å². The van der Waals surface area contributed by atoms with E-state index in [9.17, 15) is 9.59 Å². The SMILES string of the molecule is CNc1cccc2cc(C(=O)Nc3cnc(NCCCN(CCO)CCO)nc3)c(=O)[nH]c12. The number of aromatic nitrogens is 3. The van der Waals surface area contributed by atoms with Gasteiger partial charge in [0, 0.05) is 32.1 Å². The van der Waals surface area contributed by atoms with Crippen molar-refractivity contribution in [1.29, 1.82) is 0 Å². The molecule has 0 fully saturated rings. The van der Waals surface area contributed by atoms with Crippen LogP contribution in [-0.2, 0) is 0 Å². The summed E-state index contributed by atoms with van der Waals surface area (Å²) in [5.41, 5.74) is 1.27. The summed E-state index contributed by atoms with van der Waals surface area (Å²) in [6, 6.07) is 7.05. The van der Waals surface area contributed by atoms with Gasteiger partial charge in [-0.3, -0.25) is 14.5 Å². The Labute approximate surface area is 190 Å². The Morgan fingerprint density at radius 3 is 2.52 bits per heavy atom. The lowest BCUT2D eigenvalue weighted by Crippen LogP contribution is -2.31. The number of anilines is 3. The van der Waals surface area contributed by atoms with Crippen molar-refractivity contribution < 1.29 is 15.0 Å². The van der Waals surface area contributed by atoms with Gasteiger partial charge in [-0.2, -0.15) is 0 Å². The number of aromatic amines is 1. The monoisotopic (exact) mass is 455 g/mol. The summed E-state index contributed by atoms with van der Waals surface area (Å²) in [6.07, 6.45) is 3.71. The number of nitrogens with one attached hydrogen (secondary N) is 4. The second-order valence-electron chi connectivity index (χ2n) is 7.35. The zero-order valence-electron chi connectivity index (χ0n) is 18.5. The van der Waals surface area contributed by atoms with Crippen LogP contribution in [0, 0.1) is 0 Å². The van der Waals surface area contributed by atoms with Crippen LogP contribution in [0.5, 0.6) is 0 Å². The molecule has 3 aromatic rings. The van der Waals surface area contributed by atoms with Crippen LogP contribution in [0.3, 0.4) is 0 Å². The molecule has 11 nitrogen and oxygen atoms in total. The Kier molecular flexibility index (Phi) is 8.70. The van der Waals surface area contributed by atoms with Gasteiger partial charge >= 0.3 is 0 Å². The number of nitrogens with zero attached hydrogens (tertiary/aromatic N) is 3. The summed E-state index contributed by atoms with van der Waals surface area (Å²) in [6.45, 7) is 2.46. The molecule has 11 heteroatoms. The number of amides is 1. The van der Waals surface area contributed by atoms with Crippen LogP contribution in [0.2, 0.25) is 0 Å². The van der Waals surface area contributed by atoms with Crippen molar-refractivity contribution in [2.24, 2.45) is 0 Å². The Morgan fingerprint density at radius 2 is 1.85 bits per heavy atom. The number of para-hydroxylation sites is 1. The largest absolute Gasteiger partial charge is 0.395 e. The van der Waals surface area contributed by atoms with E-state index < -0.39 is 11.5 Å². The number of rotatable bonds is 12. The zero-order chi connectivity index (χ0) is 23.6. The summed E-state index contributed by atoms with van der Waals surface area (Å²) in [4.78, 5) is 38.2. The second kappa shape index (κ2) is 11.9. The summed E-state index contributed by atoms with van der Waals surface area (Å²) in [5, 5.41) is 27.5. The lowest BCUT2D eigenvalue weighted by atomic mass is 10.1. The van der Waals surface area contributed by atoms with Crippen LogP contribution in [0.15, 0.2) is 41.5 Å². The van der Waals surface area contributed by atoms with Crippen molar-refractivity contribution in [2.45, 2.75) is 6.42 Å². The average Bonchev–Trinajstić information content (AvgIpc) is 2.82. The summed E-state index contributed by atoms with van der Waals surface area (Å²) < 4.78 is 0. The molecule has 33 heavy (non-hydrogen) atoms. The average molecular weight is 456 g/mol. The molecule has 0 unspecified atom stereocenters. The molecular formula is C22H29N7O4. The molecule has 1 aromatic carbocycles. The van der Waals surface area contributed by atoms with Gasteiger partial charge in [0.1, 0.15) is 5.56 Å². The van der Waals surface area contributed by atoms with E-state index in [1.54, 1.807) is 13.1 Å². The van der Waals surface area contributed by atoms with E-state index in [1.165, 1.54) is 12.4 Å². The molecule has 176 valence electrons. The summed E-state index contributed by atoms with van der Waals surface area (Å²) in [5.74, 6) is -0.141. The maximum atomic E-state index is 12.6. The number of pyridine rings is 1. The van der Waals surface area contributed by atoms with Crippen molar-refractivity contribution >= 4 is 34.1 Å². The first-order valence-electron chi connectivity index (χ1n) is 10.7. The molecule has 0 aliphatic heterocycles. The highest BCUT2D eigenvalue weighted by molar-refractivity contribution is 6.06. The second-order valence-corrected chi connectivity index (χ2v) is 7.35. The molecule has 1 amide bonds. The third-order valence-electron chi connectivity index (χ3n) is 5.07. The molecule has 0 saturated heterocycles.